The molecule has 0 bridgehead atoms. The predicted molar refractivity (Wildman–Crippen MR) is 72.4 cm³/mol. The highest BCUT2D eigenvalue weighted by molar-refractivity contribution is 5.28. The Bertz CT molecular complexity index is 413. The molecule has 2 aliphatic rings. The highest BCUT2D eigenvalue weighted by Crippen LogP contribution is 2.22. The smallest absolute Gasteiger partial charge is 0.0659 e. The van der Waals surface area contributed by atoms with Crippen molar-refractivity contribution in [3.8, 4) is 0 Å². The fraction of sp³-hybridized carbons (Fsp3) is 0.600. The molecule has 18 heavy (non-hydrogen) atoms. The van der Waals surface area contributed by atoms with Gasteiger partial charge in [0.2, 0.25) is 0 Å². The number of fused-ring (bicyclic) bond motifs is 1. The number of nitrogens with two attached hydrogens (primary N) is 1. The lowest BCUT2D eigenvalue weighted by Gasteiger charge is -2.30. The molecule has 3 heteroatoms. The van der Waals surface area contributed by atoms with Crippen molar-refractivity contribution in [3.05, 3.63) is 35.4 Å². The first-order chi connectivity index (χ1) is 8.75. The summed E-state index contributed by atoms with van der Waals surface area (Å²) >= 11 is 0. The molecule has 3 rings (SSSR count). The van der Waals surface area contributed by atoms with Crippen LogP contribution in [0.25, 0.3) is 0 Å². The first-order valence-corrected chi connectivity index (χ1v) is 6.91. The number of hydrogen-bond acceptors (Lipinski definition) is 3. The second-order valence-electron chi connectivity index (χ2n) is 5.75. The van der Waals surface area contributed by atoms with E-state index in [4.69, 9.17) is 10.5 Å². The third-order valence-corrected chi connectivity index (χ3v) is 4.11. The zero-order chi connectivity index (χ0) is 12.4. The summed E-state index contributed by atoms with van der Waals surface area (Å²) in [7, 11) is 0. The van der Waals surface area contributed by atoms with Crippen molar-refractivity contribution in [1.29, 1.82) is 0 Å². The van der Waals surface area contributed by atoms with Gasteiger partial charge >= 0.3 is 0 Å². The van der Waals surface area contributed by atoms with Crippen molar-refractivity contribution >= 4 is 0 Å². The molecule has 2 N–H and O–H groups in total. The molecule has 1 saturated heterocycles. The van der Waals surface area contributed by atoms with Gasteiger partial charge in [-0.25, -0.2) is 0 Å². The molecule has 2 aliphatic heterocycles. The Kier molecular flexibility index (Phi) is 3.37. The Balaban J connectivity index is 1.71. The van der Waals surface area contributed by atoms with Crippen LogP contribution in [0.5, 0.6) is 0 Å². The van der Waals surface area contributed by atoms with Crippen LogP contribution in [0.2, 0.25) is 0 Å². The van der Waals surface area contributed by atoms with E-state index in [1.165, 1.54) is 24.0 Å². The second kappa shape index (κ2) is 5.00. The highest BCUT2D eigenvalue weighted by Gasteiger charge is 2.32. The SMILES string of the molecule is NC1(CN2CCCc3ccccc3C2)CCOC1. The molecule has 1 aromatic carbocycles. The van der Waals surface area contributed by atoms with Gasteiger partial charge in [0.25, 0.3) is 0 Å². The summed E-state index contributed by atoms with van der Waals surface area (Å²) in [6, 6.07) is 8.79. The third-order valence-electron chi connectivity index (χ3n) is 4.11. The van der Waals surface area contributed by atoms with Gasteiger partial charge in [0.15, 0.2) is 0 Å². The number of ether oxygens (including phenoxy) is 1. The topological polar surface area (TPSA) is 38.5 Å². The molecule has 3 nitrogen and oxygen atoms in total. The van der Waals surface area contributed by atoms with Crippen LogP contribution in [0.1, 0.15) is 24.0 Å². The summed E-state index contributed by atoms with van der Waals surface area (Å²) < 4.78 is 5.45. The molecule has 1 unspecified atom stereocenters. The van der Waals surface area contributed by atoms with Crippen LogP contribution >= 0.6 is 0 Å². The molecular weight excluding hydrogens is 224 g/mol. The number of nitrogens with zero attached hydrogens (tertiary/aromatic N) is 1. The van der Waals surface area contributed by atoms with Gasteiger partial charge in [-0.1, -0.05) is 24.3 Å². The van der Waals surface area contributed by atoms with Crippen LogP contribution in [0.15, 0.2) is 24.3 Å². The Labute approximate surface area is 109 Å². The minimum absolute atomic E-state index is 0.126. The average Bonchev–Trinajstić information content (AvgIpc) is 2.68. The van der Waals surface area contributed by atoms with E-state index in [0.717, 1.165) is 32.7 Å². The molecule has 1 fully saturated rings. The van der Waals surface area contributed by atoms with Gasteiger partial charge in [-0.3, -0.25) is 4.90 Å². The molecule has 0 aliphatic carbocycles. The lowest BCUT2D eigenvalue weighted by Crippen LogP contribution is -2.50. The van der Waals surface area contributed by atoms with Gasteiger partial charge in [-0.05, 0) is 36.9 Å². The molecule has 1 aromatic rings. The standard InChI is InChI=1S/C15H22N2O/c16-15(7-9-18-12-15)11-17-8-3-6-13-4-1-2-5-14(13)10-17/h1-2,4-5H,3,6-12,16H2. The van der Waals surface area contributed by atoms with Gasteiger partial charge < -0.3 is 10.5 Å². The molecule has 1 atom stereocenters. The van der Waals surface area contributed by atoms with Crippen molar-refractivity contribution in [3.63, 3.8) is 0 Å². The first-order valence-electron chi connectivity index (χ1n) is 6.91. The molecule has 98 valence electrons. The predicted octanol–water partition coefficient (Wildman–Crippen LogP) is 1.55. The van der Waals surface area contributed by atoms with Crippen LogP contribution in [-0.4, -0.2) is 36.7 Å². The Hall–Kier alpha value is -0.900. The summed E-state index contributed by atoms with van der Waals surface area (Å²) in [4.78, 5) is 2.50. The molecule has 0 amide bonds. The van der Waals surface area contributed by atoms with Crippen LogP contribution in [-0.2, 0) is 17.7 Å². The van der Waals surface area contributed by atoms with E-state index in [1.807, 2.05) is 0 Å². The summed E-state index contributed by atoms with van der Waals surface area (Å²) in [5, 5.41) is 0. The monoisotopic (exact) mass is 246 g/mol. The van der Waals surface area contributed by atoms with Crippen molar-refractivity contribution in [2.75, 3.05) is 26.3 Å². The zero-order valence-electron chi connectivity index (χ0n) is 10.9. The molecule has 2 heterocycles. The maximum Gasteiger partial charge on any atom is 0.0659 e. The average molecular weight is 246 g/mol. The number of aryl methyl sites for hydroxylation is 1. The van der Waals surface area contributed by atoms with E-state index in [1.54, 1.807) is 0 Å². The van der Waals surface area contributed by atoms with Crippen LogP contribution in [0.3, 0.4) is 0 Å². The minimum Gasteiger partial charge on any atom is -0.379 e. The Morgan fingerprint density at radius 2 is 2.11 bits per heavy atom. The van der Waals surface area contributed by atoms with Gasteiger partial charge in [0.05, 0.1) is 12.1 Å². The Morgan fingerprint density at radius 3 is 2.89 bits per heavy atom. The number of benzene rings is 1. The van der Waals surface area contributed by atoms with Gasteiger partial charge in [0, 0.05) is 19.7 Å². The largest absolute Gasteiger partial charge is 0.379 e. The van der Waals surface area contributed by atoms with Crippen LogP contribution < -0.4 is 5.73 Å². The maximum atomic E-state index is 6.39. The lowest BCUT2D eigenvalue weighted by molar-refractivity contribution is 0.150. The number of hydrogen-bond donors (Lipinski definition) is 1. The van der Waals surface area contributed by atoms with E-state index in [0.29, 0.717) is 6.61 Å². The third kappa shape index (κ3) is 2.58. The zero-order valence-corrected chi connectivity index (χ0v) is 10.9. The Morgan fingerprint density at radius 1 is 1.28 bits per heavy atom. The lowest BCUT2D eigenvalue weighted by atomic mass is 9.99. The highest BCUT2D eigenvalue weighted by atomic mass is 16.5. The van der Waals surface area contributed by atoms with E-state index in [9.17, 15) is 0 Å². The second-order valence-corrected chi connectivity index (χ2v) is 5.75. The van der Waals surface area contributed by atoms with Crippen molar-refractivity contribution < 1.29 is 4.74 Å². The summed E-state index contributed by atoms with van der Waals surface area (Å²) in [6.45, 7) is 4.68. The summed E-state index contributed by atoms with van der Waals surface area (Å²) in [5.41, 5.74) is 9.25. The number of rotatable bonds is 2. The minimum atomic E-state index is -0.126. The summed E-state index contributed by atoms with van der Waals surface area (Å²) in [6.07, 6.45) is 3.42. The van der Waals surface area contributed by atoms with Gasteiger partial charge in [0.1, 0.15) is 0 Å². The fourth-order valence-corrected chi connectivity index (χ4v) is 3.10. The van der Waals surface area contributed by atoms with Crippen molar-refractivity contribution in [1.82, 2.24) is 4.90 Å². The first kappa shape index (κ1) is 12.2. The van der Waals surface area contributed by atoms with Crippen molar-refractivity contribution in [2.24, 2.45) is 5.73 Å². The van der Waals surface area contributed by atoms with E-state index < -0.39 is 0 Å². The van der Waals surface area contributed by atoms with Crippen LogP contribution in [0, 0.1) is 0 Å². The molecule has 0 spiro atoms. The van der Waals surface area contributed by atoms with Crippen LogP contribution in [0.4, 0.5) is 0 Å². The van der Waals surface area contributed by atoms with Crippen molar-refractivity contribution in [2.45, 2.75) is 31.3 Å². The molecule has 0 aromatic heterocycles. The van der Waals surface area contributed by atoms with E-state index in [2.05, 4.69) is 29.2 Å². The summed E-state index contributed by atoms with van der Waals surface area (Å²) in [5.74, 6) is 0. The quantitative estimate of drug-likeness (QED) is 0.860. The normalized spacial score (nSPS) is 28.9. The van der Waals surface area contributed by atoms with Gasteiger partial charge in [-0.2, -0.15) is 0 Å². The molecule has 0 radical (unpaired) electrons. The molecule has 0 saturated carbocycles. The van der Waals surface area contributed by atoms with E-state index >= 15 is 0 Å². The van der Waals surface area contributed by atoms with E-state index in [-0.39, 0.29) is 5.54 Å². The molecular formula is C15H22N2O. The van der Waals surface area contributed by atoms with Gasteiger partial charge in [-0.15, -0.1) is 0 Å². The fourth-order valence-electron chi connectivity index (χ4n) is 3.10. The maximum absolute atomic E-state index is 6.39.